The molecule has 2 saturated heterocycles. The molecule has 1 aromatic carbocycles. The number of rotatable bonds is 1. The van der Waals surface area contributed by atoms with Gasteiger partial charge in [-0.15, -0.1) is 0 Å². The maximum atomic E-state index is 6.18. The van der Waals surface area contributed by atoms with E-state index in [4.69, 9.17) is 4.74 Å². The third kappa shape index (κ3) is 2.66. The van der Waals surface area contributed by atoms with Crippen LogP contribution in [0.3, 0.4) is 0 Å². The molecule has 1 atom stereocenters. The van der Waals surface area contributed by atoms with E-state index in [0.29, 0.717) is 12.1 Å². The van der Waals surface area contributed by atoms with Crippen LogP contribution in [0.25, 0.3) is 0 Å². The fraction of sp³-hybridized carbons (Fsp3) is 0.562. The second-order valence-electron chi connectivity index (χ2n) is 5.93. The second-order valence-corrected chi connectivity index (χ2v) is 5.93. The van der Waals surface area contributed by atoms with Crippen molar-refractivity contribution in [2.45, 2.75) is 30.9 Å². The van der Waals surface area contributed by atoms with Crippen LogP contribution in [-0.2, 0) is 4.74 Å². The molecule has 2 aliphatic heterocycles. The molecule has 2 aliphatic rings. The summed E-state index contributed by atoms with van der Waals surface area (Å²) in [5.74, 6) is 0. The van der Waals surface area contributed by atoms with Crippen molar-refractivity contribution in [3.63, 3.8) is 0 Å². The van der Waals surface area contributed by atoms with Crippen molar-refractivity contribution in [3.05, 3.63) is 35.9 Å². The van der Waals surface area contributed by atoms with Gasteiger partial charge in [-0.2, -0.15) is 0 Å². The number of ether oxygens (including phenoxy) is 1. The van der Waals surface area contributed by atoms with Crippen molar-refractivity contribution in [2.24, 2.45) is 4.99 Å². The number of amidine groups is 1. The van der Waals surface area contributed by atoms with Crippen LogP contribution in [0.2, 0.25) is 0 Å². The Bertz CT molecular complexity index is 478. The minimum Gasteiger partial charge on any atom is -0.458 e. The number of hydrogen-bond donors (Lipinski definition) is 1. The average molecular weight is 273 g/mol. The molecular formula is C16H23N3O. The summed E-state index contributed by atoms with van der Waals surface area (Å²) in [4.78, 5) is 6.63. The SMILES string of the molecule is CN=C1NC(c2ccccc2)CC2(CCN(C)CC2)O1. The van der Waals surface area contributed by atoms with Crippen LogP contribution in [0.1, 0.15) is 30.9 Å². The normalized spacial score (nSPS) is 28.1. The molecule has 1 spiro atoms. The van der Waals surface area contributed by atoms with Gasteiger partial charge in [-0.3, -0.25) is 0 Å². The lowest BCUT2D eigenvalue weighted by atomic mass is 9.82. The minimum atomic E-state index is -0.0485. The Balaban J connectivity index is 1.83. The summed E-state index contributed by atoms with van der Waals surface area (Å²) in [5.41, 5.74) is 1.27. The molecule has 2 fully saturated rings. The molecule has 0 amide bonds. The average Bonchev–Trinajstić information content (AvgIpc) is 2.51. The minimum absolute atomic E-state index is 0.0485. The number of hydrogen-bond acceptors (Lipinski definition) is 3. The Morgan fingerprint density at radius 2 is 1.95 bits per heavy atom. The number of piperidine rings is 1. The highest BCUT2D eigenvalue weighted by atomic mass is 16.5. The summed E-state index contributed by atoms with van der Waals surface area (Å²) in [5, 5.41) is 3.42. The molecule has 1 N–H and O–H groups in total. The van der Waals surface area contributed by atoms with E-state index < -0.39 is 0 Å². The van der Waals surface area contributed by atoms with Gasteiger partial charge in [0.25, 0.3) is 6.02 Å². The quantitative estimate of drug-likeness (QED) is 0.852. The van der Waals surface area contributed by atoms with Crippen molar-refractivity contribution in [3.8, 4) is 0 Å². The largest absolute Gasteiger partial charge is 0.458 e. The Morgan fingerprint density at radius 1 is 1.25 bits per heavy atom. The molecule has 0 aromatic heterocycles. The highest BCUT2D eigenvalue weighted by Crippen LogP contribution is 2.38. The molecule has 0 aliphatic carbocycles. The van der Waals surface area contributed by atoms with Crippen molar-refractivity contribution < 1.29 is 4.74 Å². The summed E-state index contributed by atoms with van der Waals surface area (Å²) in [6.45, 7) is 2.19. The predicted octanol–water partition coefficient (Wildman–Crippen LogP) is 2.19. The molecule has 2 heterocycles. The highest BCUT2D eigenvalue weighted by Gasteiger charge is 2.42. The van der Waals surface area contributed by atoms with Crippen molar-refractivity contribution >= 4 is 6.02 Å². The van der Waals surface area contributed by atoms with Gasteiger partial charge in [0.05, 0.1) is 6.04 Å². The first-order chi connectivity index (χ1) is 9.71. The van der Waals surface area contributed by atoms with Gasteiger partial charge in [-0.1, -0.05) is 30.3 Å². The number of nitrogens with one attached hydrogen (secondary N) is 1. The first kappa shape index (κ1) is 13.4. The number of likely N-dealkylation sites (tertiary alicyclic amines) is 1. The lowest BCUT2D eigenvalue weighted by Crippen LogP contribution is -2.54. The Labute approximate surface area is 120 Å². The monoisotopic (exact) mass is 273 g/mol. The topological polar surface area (TPSA) is 36.9 Å². The van der Waals surface area contributed by atoms with Gasteiger partial charge in [-0.05, 0) is 12.6 Å². The summed E-state index contributed by atoms with van der Waals surface area (Å²) in [7, 11) is 3.97. The zero-order valence-electron chi connectivity index (χ0n) is 12.3. The van der Waals surface area contributed by atoms with Gasteiger partial charge in [-0.25, -0.2) is 4.99 Å². The van der Waals surface area contributed by atoms with E-state index in [-0.39, 0.29) is 5.60 Å². The lowest BCUT2D eigenvalue weighted by molar-refractivity contribution is -0.0375. The number of aliphatic imine (C=N–C) groups is 1. The van der Waals surface area contributed by atoms with Gasteiger partial charge in [0.1, 0.15) is 5.60 Å². The molecule has 1 unspecified atom stereocenters. The van der Waals surface area contributed by atoms with E-state index in [1.54, 1.807) is 7.05 Å². The van der Waals surface area contributed by atoms with Crippen LogP contribution in [0.4, 0.5) is 0 Å². The van der Waals surface area contributed by atoms with Crippen LogP contribution in [0.15, 0.2) is 35.3 Å². The fourth-order valence-corrected chi connectivity index (χ4v) is 3.18. The molecular weight excluding hydrogens is 250 g/mol. The maximum absolute atomic E-state index is 6.18. The third-order valence-corrected chi connectivity index (χ3v) is 4.49. The fourth-order valence-electron chi connectivity index (χ4n) is 3.18. The van der Waals surface area contributed by atoms with Crippen molar-refractivity contribution in [1.29, 1.82) is 0 Å². The molecule has 0 saturated carbocycles. The first-order valence-electron chi connectivity index (χ1n) is 7.37. The van der Waals surface area contributed by atoms with Crippen LogP contribution >= 0.6 is 0 Å². The van der Waals surface area contributed by atoms with Gasteiger partial charge < -0.3 is 15.0 Å². The summed E-state index contributed by atoms with van der Waals surface area (Å²) < 4.78 is 6.18. The summed E-state index contributed by atoms with van der Waals surface area (Å²) in [6, 6.07) is 11.6. The summed E-state index contributed by atoms with van der Waals surface area (Å²) >= 11 is 0. The Kier molecular flexibility index (Phi) is 3.66. The Hall–Kier alpha value is -1.55. The van der Waals surface area contributed by atoms with Gasteiger partial charge >= 0.3 is 0 Å². The zero-order chi connectivity index (χ0) is 14.0. The summed E-state index contributed by atoms with van der Waals surface area (Å²) in [6.07, 6.45) is 3.17. The smallest absolute Gasteiger partial charge is 0.285 e. The number of benzene rings is 1. The molecule has 0 radical (unpaired) electrons. The molecule has 20 heavy (non-hydrogen) atoms. The van der Waals surface area contributed by atoms with E-state index in [2.05, 4.69) is 52.6 Å². The zero-order valence-corrected chi connectivity index (χ0v) is 12.3. The van der Waals surface area contributed by atoms with Crippen LogP contribution in [0, 0.1) is 0 Å². The van der Waals surface area contributed by atoms with Crippen molar-refractivity contribution in [1.82, 2.24) is 10.2 Å². The highest BCUT2D eigenvalue weighted by molar-refractivity contribution is 5.75. The molecule has 3 rings (SSSR count). The van der Waals surface area contributed by atoms with Gasteiger partial charge in [0.15, 0.2) is 0 Å². The molecule has 4 nitrogen and oxygen atoms in total. The van der Waals surface area contributed by atoms with Gasteiger partial charge in [0.2, 0.25) is 0 Å². The maximum Gasteiger partial charge on any atom is 0.285 e. The molecule has 4 heteroatoms. The molecule has 0 bridgehead atoms. The standard InChI is InChI=1S/C16H23N3O/c1-17-15-18-14(13-6-4-3-5-7-13)12-16(20-15)8-10-19(2)11-9-16/h3-7,14H,8-12H2,1-2H3,(H,17,18). The van der Waals surface area contributed by atoms with Crippen LogP contribution < -0.4 is 5.32 Å². The first-order valence-corrected chi connectivity index (χ1v) is 7.37. The number of nitrogens with zero attached hydrogens (tertiary/aromatic N) is 2. The van der Waals surface area contributed by atoms with Gasteiger partial charge in [0, 0.05) is 39.4 Å². The van der Waals surface area contributed by atoms with E-state index >= 15 is 0 Å². The van der Waals surface area contributed by atoms with Crippen molar-refractivity contribution in [2.75, 3.05) is 27.2 Å². The van der Waals surface area contributed by atoms with E-state index in [0.717, 1.165) is 32.4 Å². The molecule has 1 aromatic rings. The van der Waals surface area contributed by atoms with E-state index in [1.807, 2.05) is 0 Å². The second kappa shape index (κ2) is 5.44. The Morgan fingerprint density at radius 3 is 2.60 bits per heavy atom. The van der Waals surface area contributed by atoms with Crippen LogP contribution in [0.5, 0.6) is 0 Å². The van der Waals surface area contributed by atoms with Crippen LogP contribution in [-0.4, -0.2) is 43.7 Å². The molecule has 108 valence electrons. The third-order valence-electron chi connectivity index (χ3n) is 4.49. The lowest BCUT2D eigenvalue weighted by Gasteiger charge is -2.46. The van der Waals surface area contributed by atoms with E-state index in [1.165, 1.54) is 5.56 Å². The van der Waals surface area contributed by atoms with E-state index in [9.17, 15) is 0 Å². The predicted molar refractivity (Wildman–Crippen MR) is 80.8 cm³/mol.